The number of nitrogens with one attached hydrogen (secondary N) is 1. The maximum absolute atomic E-state index is 12.0. The Labute approximate surface area is 132 Å². The lowest BCUT2D eigenvalue weighted by Gasteiger charge is -2.23. The van der Waals surface area contributed by atoms with Gasteiger partial charge in [0.05, 0.1) is 0 Å². The molecule has 2 aromatic carbocycles. The first-order valence-corrected chi connectivity index (χ1v) is 7.49. The topological polar surface area (TPSA) is 38.3 Å². The highest BCUT2D eigenvalue weighted by Crippen LogP contribution is 2.22. The van der Waals surface area contributed by atoms with E-state index in [1.807, 2.05) is 63.2 Å². The zero-order valence-corrected chi connectivity index (χ0v) is 13.6. The van der Waals surface area contributed by atoms with E-state index < -0.39 is 6.10 Å². The van der Waals surface area contributed by atoms with Gasteiger partial charge < -0.3 is 10.1 Å². The predicted molar refractivity (Wildman–Crippen MR) is 89.9 cm³/mol. The summed E-state index contributed by atoms with van der Waals surface area (Å²) in [5, 5.41) is 2.91. The van der Waals surface area contributed by atoms with Gasteiger partial charge in [-0.05, 0) is 51.0 Å². The van der Waals surface area contributed by atoms with E-state index in [2.05, 4.69) is 17.4 Å². The zero-order valence-electron chi connectivity index (χ0n) is 13.6. The van der Waals surface area contributed by atoms with E-state index in [0.29, 0.717) is 5.75 Å². The third-order valence-corrected chi connectivity index (χ3v) is 3.14. The number of benzene rings is 2. The van der Waals surface area contributed by atoms with Crippen molar-refractivity contribution in [1.82, 2.24) is 5.32 Å². The van der Waals surface area contributed by atoms with Gasteiger partial charge in [0.2, 0.25) is 0 Å². The molecule has 0 spiro atoms. The standard InChI is InChI=1S/C19H23NO2/c1-14(18(21)20-19(2,3)4)22-17-12-10-16(11-13-17)15-8-6-5-7-9-15/h5-14H,1-4H3,(H,20,21). The fraction of sp³-hybridized carbons (Fsp3) is 0.316. The Balaban J connectivity index is 2.01. The first kappa shape index (κ1) is 16.1. The van der Waals surface area contributed by atoms with Crippen LogP contribution in [-0.2, 0) is 4.79 Å². The Bertz CT molecular complexity index is 612. The molecule has 0 aliphatic heterocycles. The molecule has 1 amide bonds. The zero-order chi connectivity index (χ0) is 16.2. The lowest BCUT2D eigenvalue weighted by molar-refractivity contribution is -0.128. The number of carbonyl (C=O) groups excluding carboxylic acids is 1. The van der Waals surface area contributed by atoms with Crippen LogP contribution in [0.25, 0.3) is 11.1 Å². The molecule has 2 rings (SSSR count). The lowest BCUT2D eigenvalue weighted by atomic mass is 10.1. The molecule has 0 saturated heterocycles. The number of amides is 1. The Morgan fingerprint density at radius 3 is 2.05 bits per heavy atom. The Hall–Kier alpha value is -2.29. The first-order valence-electron chi connectivity index (χ1n) is 7.49. The minimum atomic E-state index is -0.526. The van der Waals surface area contributed by atoms with E-state index in [1.54, 1.807) is 6.92 Å². The van der Waals surface area contributed by atoms with Gasteiger partial charge in [-0.15, -0.1) is 0 Å². The van der Waals surface area contributed by atoms with Crippen molar-refractivity contribution in [1.29, 1.82) is 0 Å². The molecule has 1 atom stereocenters. The predicted octanol–water partition coefficient (Wildman–Crippen LogP) is 4.04. The van der Waals surface area contributed by atoms with Gasteiger partial charge in [0.15, 0.2) is 6.10 Å². The van der Waals surface area contributed by atoms with Gasteiger partial charge in [-0.1, -0.05) is 42.5 Å². The van der Waals surface area contributed by atoms with Crippen LogP contribution in [0.15, 0.2) is 54.6 Å². The van der Waals surface area contributed by atoms with Crippen LogP contribution in [0.2, 0.25) is 0 Å². The molecule has 0 fully saturated rings. The maximum atomic E-state index is 12.0. The summed E-state index contributed by atoms with van der Waals surface area (Å²) in [6.45, 7) is 7.61. The molecular formula is C19H23NO2. The molecule has 1 N–H and O–H groups in total. The van der Waals surface area contributed by atoms with Crippen LogP contribution in [0.5, 0.6) is 5.75 Å². The molecule has 0 saturated carbocycles. The van der Waals surface area contributed by atoms with Crippen LogP contribution in [0.3, 0.4) is 0 Å². The second-order valence-electron chi connectivity index (χ2n) is 6.39. The molecule has 0 radical (unpaired) electrons. The molecule has 2 aromatic rings. The summed E-state index contributed by atoms with van der Waals surface area (Å²) in [6.07, 6.45) is -0.526. The van der Waals surface area contributed by atoms with Crippen molar-refractivity contribution in [2.45, 2.75) is 39.3 Å². The van der Waals surface area contributed by atoms with Crippen LogP contribution >= 0.6 is 0 Å². The summed E-state index contributed by atoms with van der Waals surface area (Å²) in [5.74, 6) is 0.580. The summed E-state index contributed by atoms with van der Waals surface area (Å²) in [4.78, 5) is 12.0. The van der Waals surface area contributed by atoms with Crippen molar-refractivity contribution in [2.24, 2.45) is 0 Å². The van der Waals surface area contributed by atoms with Crippen LogP contribution in [0.4, 0.5) is 0 Å². The summed E-state index contributed by atoms with van der Waals surface area (Å²) >= 11 is 0. The van der Waals surface area contributed by atoms with Gasteiger partial charge >= 0.3 is 0 Å². The third kappa shape index (κ3) is 4.62. The van der Waals surface area contributed by atoms with Crippen molar-refractivity contribution in [3.63, 3.8) is 0 Å². The van der Waals surface area contributed by atoms with Crippen molar-refractivity contribution >= 4 is 5.91 Å². The number of carbonyl (C=O) groups is 1. The average molecular weight is 297 g/mol. The molecular weight excluding hydrogens is 274 g/mol. The first-order chi connectivity index (χ1) is 10.3. The van der Waals surface area contributed by atoms with E-state index in [9.17, 15) is 4.79 Å². The fourth-order valence-electron chi connectivity index (χ4n) is 2.09. The number of hydrogen-bond acceptors (Lipinski definition) is 2. The number of rotatable bonds is 4. The number of ether oxygens (including phenoxy) is 1. The second-order valence-corrected chi connectivity index (χ2v) is 6.39. The van der Waals surface area contributed by atoms with E-state index in [4.69, 9.17) is 4.74 Å². The quantitative estimate of drug-likeness (QED) is 0.925. The average Bonchev–Trinajstić information content (AvgIpc) is 2.47. The molecule has 0 bridgehead atoms. The van der Waals surface area contributed by atoms with Crippen molar-refractivity contribution in [3.05, 3.63) is 54.6 Å². The van der Waals surface area contributed by atoms with Crippen molar-refractivity contribution in [3.8, 4) is 16.9 Å². The lowest BCUT2D eigenvalue weighted by Crippen LogP contribution is -2.46. The highest BCUT2D eigenvalue weighted by Gasteiger charge is 2.20. The fourth-order valence-corrected chi connectivity index (χ4v) is 2.09. The van der Waals surface area contributed by atoms with Crippen molar-refractivity contribution in [2.75, 3.05) is 0 Å². The molecule has 0 heterocycles. The molecule has 3 nitrogen and oxygen atoms in total. The molecule has 22 heavy (non-hydrogen) atoms. The van der Waals surface area contributed by atoms with Gasteiger partial charge in [0, 0.05) is 5.54 Å². The molecule has 116 valence electrons. The second kappa shape index (κ2) is 6.65. The van der Waals surface area contributed by atoms with Crippen molar-refractivity contribution < 1.29 is 9.53 Å². The highest BCUT2D eigenvalue weighted by molar-refractivity contribution is 5.81. The minimum Gasteiger partial charge on any atom is -0.481 e. The monoisotopic (exact) mass is 297 g/mol. The summed E-state index contributed by atoms with van der Waals surface area (Å²) in [5.41, 5.74) is 2.03. The molecule has 3 heteroatoms. The van der Waals surface area contributed by atoms with Crippen LogP contribution in [-0.4, -0.2) is 17.6 Å². The molecule has 0 aromatic heterocycles. The summed E-state index contributed by atoms with van der Waals surface area (Å²) in [6, 6.07) is 17.9. The Kier molecular flexibility index (Phi) is 4.86. The SMILES string of the molecule is CC(Oc1ccc(-c2ccccc2)cc1)C(=O)NC(C)(C)C. The smallest absolute Gasteiger partial charge is 0.261 e. The highest BCUT2D eigenvalue weighted by atomic mass is 16.5. The van der Waals surface area contributed by atoms with Gasteiger partial charge in [-0.2, -0.15) is 0 Å². The van der Waals surface area contributed by atoms with E-state index >= 15 is 0 Å². The van der Waals surface area contributed by atoms with Crippen LogP contribution in [0, 0.1) is 0 Å². The Morgan fingerprint density at radius 1 is 0.955 bits per heavy atom. The van der Waals surface area contributed by atoms with Gasteiger partial charge in [-0.25, -0.2) is 0 Å². The molecule has 1 unspecified atom stereocenters. The van der Waals surface area contributed by atoms with E-state index in [0.717, 1.165) is 11.1 Å². The summed E-state index contributed by atoms with van der Waals surface area (Å²) in [7, 11) is 0. The summed E-state index contributed by atoms with van der Waals surface area (Å²) < 4.78 is 5.70. The van der Waals surface area contributed by atoms with Gasteiger partial charge in [0.25, 0.3) is 5.91 Å². The minimum absolute atomic E-state index is 0.111. The number of hydrogen-bond donors (Lipinski definition) is 1. The third-order valence-electron chi connectivity index (χ3n) is 3.14. The van der Waals surface area contributed by atoms with Crippen LogP contribution in [0.1, 0.15) is 27.7 Å². The van der Waals surface area contributed by atoms with Gasteiger partial charge in [0.1, 0.15) is 5.75 Å². The normalized spacial score (nSPS) is 12.5. The van der Waals surface area contributed by atoms with E-state index in [-0.39, 0.29) is 11.4 Å². The maximum Gasteiger partial charge on any atom is 0.261 e. The largest absolute Gasteiger partial charge is 0.481 e. The molecule has 0 aliphatic carbocycles. The molecule has 0 aliphatic rings. The Morgan fingerprint density at radius 2 is 1.50 bits per heavy atom. The van der Waals surface area contributed by atoms with Gasteiger partial charge in [-0.3, -0.25) is 4.79 Å². The van der Waals surface area contributed by atoms with E-state index in [1.165, 1.54) is 0 Å². The van der Waals surface area contributed by atoms with Crippen LogP contribution < -0.4 is 10.1 Å².